The molecule has 4 heteroatoms. The van der Waals surface area contributed by atoms with Gasteiger partial charge in [-0.1, -0.05) is 13.3 Å². The molecule has 13 heavy (non-hydrogen) atoms. The molecule has 1 aliphatic carbocycles. The van der Waals surface area contributed by atoms with E-state index in [2.05, 4.69) is 0 Å². The van der Waals surface area contributed by atoms with E-state index in [-0.39, 0.29) is 29.6 Å². The summed E-state index contributed by atoms with van der Waals surface area (Å²) < 4.78 is 0. The Morgan fingerprint density at radius 1 is 1.08 bits per heavy atom. The lowest BCUT2D eigenvalue weighted by molar-refractivity contribution is -0.130. The van der Waals surface area contributed by atoms with Gasteiger partial charge in [-0.15, -0.1) is 0 Å². The Morgan fingerprint density at radius 3 is 1.77 bits per heavy atom. The summed E-state index contributed by atoms with van der Waals surface area (Å²) in [6.45, 7) is 1.88. The average Bonchev–Trinajstić information content (AvgIpc) is 2.03. The van der Waals surface area contributed by atoms with E-state index < -0.39 is 0 Å². The van der Waals surface area contributed by atoms with Crippen LogP contribution in [-0.4, -0.2) is 11.8 Å². The lowest BCUT2D eigenvalue weighted by Crippen LogP contribution is -2.40. The van der Waals surface area contributed by atoms with Crippen LogP contribution in [0.15, 0.2) is 0 Å². The van der Waals surface area contributed by atoms with Gasteiger partial charge in [0.25, 0.3) is 0 Å². The Labute approximate surface area is 77.7 Å². The molecule has 0 bridgehead atoms. The van der Waals surface area contributed by atoms with Gasteiger partial charge in [0.2, 0.25) is 11.8 Å². The van der Waals surface area contributed by atoms with Gasteiger partial charge in [0.05, 0.1) is 0 Å². The molecule has 74 valence electrons. The number of amides is 2. The molecule has 0 aromatic carbocycles. The SMILES string of the molecule is CC1C(C(N)=O)CCCC1C(N)=O. The molecule has 2 amide bonds. The molecule has 0 heterocycles. The van der Waals surface area contributed by atoms with Gasteiger partial charge in [-0.25, -0.2) is 0 Å². The molecular formula is C9H16N2O2. The summed E-state index contributed by atoms with van der Waals surface area (Å²) in [6, 6.07) is 0. The normalized spacial score (nSPS) is 34.1. The minimum Gasteiger partial charge on any atom is -0.369 e. The van der Waals surface area contributed by atoms with Gasteiger partial charge in [-0.05, 0) is 18.8 Å². The third kappa shape index (κ3) is 1.99. The third-order valence-corrected chi connectivity index (χ3v) is 3.03. The fraction of sp³-hybridized carbons (Fsp3) is 0.778. The number of hydrogen-bond acceptors (Lipinski definition) is 2. The molecule has 1 fully saturated rings. The predicted octanol–water partition coefficient (Wildman–Crippen LogP) is 0.00940. The van der Waals surface area contributed by atoms with E-state index >= 15 is 0 Å². The zero-order chi connectivity index (χ0) is 10.0. The van der Waals surface area contributed by atoms with E-state index in [0.29, 0.717) is 0 Å². The summed E-state index contributed by atoms with van der Waals surface area (Å²) in [5.74, 6) is -0.960. The Morgan fingerprint density at radius 2 is 1.46 bits per heavy atom. The van der Waals surface area contributed by atoms with E-state index in [0.717, 1.165) is 19.3 Å². The Hall–Kier alpha value is -1.06. The van der Waals surface area contributed by atoms with Crippen molar-refractivity contribution in [3.05, 3.63) is 0 Å². The van der Waals surface area contributed by atoms with Crippen LogP contribution in [0, 0.1) is 17.8 Å². The van der Waals surface area contributed by atoms with Gasteiger partial charge < -0.3 is 11.5 Å². The van der Waals surface area contributed by atoms with E-state index in [1.54, 1.807) is 0 Å². The number of carbonyl (C=O) groups is 2. The second-order valence-electron chi connectivity index (χ2n) is 3.81. The number of rotatable bonds is 2. The van der Waals surface area contributed by atoms with Gasteiger partial charge in [-0.2, -0.15) is 0 Å². The summed E-state index contributed by atoms with van der Waals surface area (Å²) in [5, 5.41) is 0. The summed E-state index contributed by atoms with van der Waals surface area (Å²) in [6.07, 6.45) is 2.45. The van der Waals surface area contributed by atoms with Crippen molar-refractivity contribution in [2.75, 3.05) is 0 Å². The molecule has 2 atom stereocenters. The molecule has 0 saturated heterocycles. The first-order valence-corrected chi connectivity index (χ1v) is 4.62. The predicted molar refractivity (Wildman–Crippen MR) is 48.4 cm³/mol. The monoisotopic (exact) mass is 184 g/mol. The second-order valence-corrected chi connectivity index (χ2v) is 3.81. The van der Waals surface area contributed by atoms with Crippen molar-refractivity contribution < 1.29 is 9.59 Å². The largest absolute Gasteiger partial charge is 0.369 e. The molecule has 0 aromatic rings. The topological polar surface area (TPSA) is 86.2 Å². The van der Waals surface area contributed by atoms with Gasteiger partial charge in [0.1, 0.15) is 0 Å². The van der Waals surface area contributed by atoms with Crippen LogP contribution in [0.2, 0.25) is 0 Å². The molecule has 1 aliphatic rings. The van der Waals surface area contributed by atoms with E-state index in [1.807, 2.05) is 6.92 Å². The van der Waals surface area contributed by atoms with Crippen molar-refractivity contribution in [1.29, 1.82) is 0 Å². The molecule has 0 aromatic heterocycles. The minimum atomic E-state index is -0.307. The van der Waals surface area contributed by atoms with Crippen molar-refractivity contribution in [2.45, 2.75) is 26.2 Å². The smallest absolute Gasteiger partial charge is 0.220 e. The lowest BCUT2D eigenvalue weighted by Gasteiger charge is -2.32. The highest BCUT2D eigenvalue weighted by molar-refractivity contribution is 5.81. The summed E-state index contributed by atoms with van der Waals surface area (Å²) >= 11 is 0. The zero-order valence-electron chi connectivity index (χ0n) is 7.82. The van der Waals surface area contributed by atoms with E-state index in [9.17, 15) is 9.59 Å². The summed E-state index contributed by atoms with van der Waals surface area (Å²) in [7, 11) is 0. The molecular weight excluding hydrogens is 168 g/mol. The van der Waals surface area contributed by atoms with Crippen molar-refractivity contribution in [3.63, 3.8) is 0 Å². The minimum absolute atomic E-state index is 0.00347. The number of primary amides is 2. The Bertz CT molecular complexity index is 206. The van der Waals surface area contributed by atoms with Crippen molar-refractivity contribution >= 4 is 11.8 Å². The highest BCUT2D eigenvalue weighted by Crippen LogP contribution is 2.34. The number of hydrogen-bond donors (Lipinski definition) is 2. The second kappa shape index (κ2) is 3.77. The van der Waals surface area contributed by atoms with Crippen LogP contribution in [0.3, 0.4) is 0 Å². The van der Waals surface area contributed by atoms with Crippen LogP contribution in [0.25, 0.3) is 0 Å². The first-order valence-electron chi connectivity index (χ1n) is 4.62. The summed E-state index contributed by atoms with van der Waals surface area (Å²) in [5.41, 5.74) is 10.5. The van der Waals surface area contributed by atoms with Gasteiger partial charge in [0.15, 0.2) is 0 Å². The van der Waals surface area contributed by atoms with Gasteiger partial charge >= 0.3 is 0 Å². The van der Waals surface area contributed by atoms with Crippen LogP contribution in [0.1, 0.15) is 26.2 Å². The van der Waals surface area contributed by atoms with Crippen LogP contribution >= 0.6 is 0 Å². The van der Waals surface area contributed by atoms with E-state index in [4.69, 9.17) is 11.5 Å². The van der Waals surface area contributed by atoms with Gasteiger partial charge in [0, 0.05) is 11.8 Å². The Balaban J connectivity index is 2.71. The fourth-order valence-electron chi connectivity index (χ4n) is 2.17. The average molecular weight is 184 g/mol. The van der Waals surface area contributed by atoms with E-state index in [1.165, 1.54) is 0 Å². The molecule has 4 nitrogen and oxygen atoms in total. The lowest BCUT2D eigenvalue weighted by atomic mass is 9.72. The third-order valence-electron chi connectivity index (χ3n) is 3.03. The molecule has 0 spiro atoms. The van der Waals surface area contributed by atoms with Crippen LogP contribution in [-0.2, 0) is 9.59 Å². The fourth-order valence-corrected chi connectivity index (χ4v) is 2.17. The molecule has 4 N–H and O–H groups in total. The maximum Gasteiger partial charge on any atom is 0.220 e. The molecule has 0 aliphatic heterocycles. The molecule has 1 saturated carbocycles. The highest BCUT2D eigenvalue weighted by atomic mass is 16.1. The van der Waals surface area contributed by atoms with Crippen LogP contribution in [0.5, 0.6) is 0 Å². The highest BCUT2D eigenvalue weighted by Gasteiger charge is 2.35. The molecule has 0 radical (unpaired) electrons. The molecule has 2 unspecified atom stereocenters. The number of nitrogens with two attached hydrogens (primary N) is 2. The zero-order valence-corrected chi connectivity index (χ0v) is 7.82. The van der Waals surface area contributed by atoms with Crippen LogP contribution < -0.4 is 11.5 Å². The van der Waals surface area contributed by atoms with Crippen molar-refractivity contribution in [1.82, 2.24) is 0 Å². The first-order chi connectivity index (χ1) is 6.04. The first kappa shape index (κ1) is 10.0. The number of carbonyl (C=O) groups excluding carboxylic acids is 2. The van der Waals surface area contributed by atoms with Gasteiger partial charge in [-0.3, -0.25) is 9.59 Å². The quantitative estimate of drug-likeness (QED) is 0.633. The van der Waals surface area contributed by atoms with Crippen molar-refractivity contribution in [3.8, 4) is 0 Å². The maximum atomic E-state index is 11.0. The summed E-state index contributed by atoms with van der Waals surface area (Å²) in [4.78, 5) is 22.0. The maximum absolute atomic E-state index is 11.0. The standard InChI is InChI=1S/C9H16N2O2/c1-5-6(8(10)12)3-2-4-7(5)9(11)13/h5-7H,2-4H2,1H3,(H2,10,12)(H2,11,13). The van der Waals surface area contributed by atoms with Crippen LogP contribution in [0.4, 0.5) is 0 Å². The molecule has 1 rings (SSSR count). The van der Waals surface area contributed by atoms with Crippen molar-refractivity contribution in [2.24, 2.45) is 29.2 Å². The Kier molecular flexibility index (Phi) is 2.90.